The number of aryl methyl sites for hydroxylation is 1. The molecular formula is C15H17NO2. The lowest BCUT2D eigenvalue weighted by Crippen LogP contribution is -2.01. The van der Waals surface area contributed by atoms with Crippen LogP contribution < -0.4 is 4.74 Å². The quantitative estimate of drug-likeness (QED) is 0.897. The second-order valence-corrected chi connectivity index (χ2v) is 4.36. The van der Waals surface area contributed by atoms with Crippen LogP contribution in [0.3, 0.4) is 0 Å². The fraction of sp³-hybridized carbons (Fsp3) is 0.267. The maximum absolute atomic E-state index is 9.74. The van der Waals surface area contributed by atoms with Crippen LogP contribution in [0.1, 0.15) is 29.7 Å². The highest BCUT2D eigenvalue weighted by molar-refractivity contribution is 5.38. The molecule has 0 radical (unpaired) electrons. The van der Waals surface area contributed by atoms with E-state index in [1.807, 2.05) is 37.3 Å². The van der Waals surface area contributed by atoms with Gasteiger partial charge in [-0.2, -0.15) is 0 Å². The van der Waals surface area contributed by atoms with Crippen molar-refractivity contribution in [1.82, 2.24) is 4.98 Å². The number of nitrogens with zero attached hydrogens (tertiary/aromatic N) is 1. The summed E-state index contributed by atoms with van der Waals surface area (Å²) in [5.74, 6) is 0.729. The van der Waals surface area contributed by atoms with Gasteiger partial charge in [0.15, 0.2) is 0 Å². The first kappa shape index (κ1) is 12.6. The Morgan fingerprint density at radius 3 is 2.61 bits per heavy atom. The van der Waals surface area contributed by atoms with Gasteiger partial charge in [-0.3, -0.25) is 4.98 Å². The largest absolute Gasteiger partial charge is 0.489 e. The Hall–Kier alpha value is -1.87. The van der Waals surface area contributed by atoms with Gasteiger partial charge in [-0.05, 0) is 43.7 Å². The van der Waals surface area contributed by atoms with Gasteiger partial charge >= 0.3 is 0 Å². The van der Waals surface area contributed by atoms with Gasteiger partial charge < -0.3 is 9.84 Å². The Morgan fingerprint density at radius 1 is 1.22 bits per heavy atom. The first-order valence-corrected chi connectivity index (χ1v) is 5.97. The molecule has 1 heterocycles. The summed E-state index contributed by atoms with van der Waals surface area (Å²) in [7, 11) is 0. The molecule has 0 aliphatic rings. The highest BCUT2D eigenvalue weighted by atomic mass is 16.5. The molecule has 1 aromatic carbocycles. The second kappa shape index (κ2) is 5.65. The van der Waals surface area contributed by atoms with Crippen LogP contribution in [0.2, 0.25) is 0 Å². The normalized spacial score (nSPS) is 12.2. The zero-order valence-electron chi connectivity index (χ0n) is 10.6. The third-order valence-corrected chi connectivity index (χ3v) is 2.76. The minimum Gasteiger partial charge on any atom is -0.489 e. The fourth-order valence-corrected chi connectivity index (χ4v) is 1.77. The molecule has 0 fully saturated rings. The SMILES string of the molecule is Cc1ccc(OCc2ccncc2)c([C@H](C)O)c1. The molecule has 94 valence electrons. The minimum absolute atomic E-state index is 0.477. The number of rotatable bonds is 4. The van der Waals surface area contributed by atoms with E-state index in [-0.39, 0.29) is 0 Å². The van der Waals surface area contributed by atoms with Gasteiger partial charge in [0.1, 0.15) is 12.4 Å². The predicted molar refractivity (Wildman–Crippen MR) is 70.4 cm³/mol. The van der Waals surface area contributed by atoms with Crippen molar-refractivity contribution in [2.24, 2.45) is 0 Å². The first-order chi connectivity index (χ1) is 8.66. The number of aliphatic hydroxyl groups excluding tert-OH is 1. The number of ether oxygens (including phenoxy) is 1. The lowest BCUT2D eigenvalue weighted by Gasteiger charge is -2.14. The van der Waals surface area contributed by atoms with E-state index >= 15 is 0 Å². The Labute approximate surface area is 107 Å². The van der Waals surface area contributed by atoms with Crippen molar-refractivity contribution in [2.75, 3.05) is 0 Å². The van der Waals surface area contributed by atoms with E-state index in [0.29, 0.717) is 6.61 Å². The van der Waals surface area contributed by atoms with Gasteiger partial charge in [-0.25, -0.2) is 0 Å². The lowest BCUT2D eigenvalue weighted by atomic mass is 10.1. The van der Waals surface area contributed by atoms with Crippen LogP contribution >= 0.6 is 0 Å². The molecule has 0 saturated carbocycles. The van der Waals surface area contributed by atoms with Crippen LogP contribution in [-0.2, 0) is 6.61 Å². The van der Waals surface area contributed by atoms with E-state index in [1.165, 1.54) is 0 Å². The summed E-state index contributed by atoms with van der Waals surface area (Å²) in [6, 6.07) is 9.66. The smallest absolute Gasteiger partial charge is 0.125 e. The van der Waals surface area contributed by atoms with E-state index in [4.69, 9.17) is 4.74 Å². The van der Waals surface area contributed by atoms with Crippen LogP contribution in [0, 0.1) is 6.92 Å². The van der Waals surface area contributed by atoms with Crippen molar-refractivity contribution in [1.29, 1.82) is 0 Å². The minimum atomic E-state index is -0.530. The van der Waals surface area contributed by atoms with Gasteiger partial charge in [0, 0.05) is 18.0 Å². The van der Waals surface area contributed by atoms with Crippen molar-refractivity contribution in [3.63, 3.8) is 0 Å². The molecule has 1 N–H and O–H groups in total. The van der Waals surface area contributed by atoms with Gasteiger partial charge in [0.05, 0.1) is 6.10 Å². The first-order valence-electron chi connectivity index (χ1n) is 5.97. The third-order valence-electron chi connectivity index (χ3n) is 2.76. The van der Waals surface area contributed by atoms with Crippen LogP contribution in [0.25, 0.3) is 0 Å². The van der Waals surface area contributed by atoms with Crippen LogP contribution in [0.5, 0.6) is 5.75 Å². The van der Waals surface area contributed by atoms with Crippen LogP contribution in [-0.4, -0.2) is 10.1 Å². The molecule has 0 aliphatic heterocycles. The predicted octanol–water partition coefficient (Wildman–Crippen LogP) is 3.02. The van der Waals surface area contributed by atoms with E-state index in [0.717, 1.165) is 22.4 Å². The maximum Gasteiger partial charge on any atom is 0.125 e. The zero-order valence-corrected chi connectivity index (χ0v) is 10.6. The number of benzene rings is 1. The highest BCUT2D eigenvalue weighted by Crippen LogP contribution is 2.26. The maximum atomic E-state index is 9.74. The monoisotopic (exact) mass is 243 g/mol. The van der Waals surface area contributed by atoms with Crippen molar-refractivity contribution < 1.29 is 9.84 Å². The van der Waals surface area contributed by atoms with E-state index in [1.54, 1.807) is 19.3 Å². The standard InChI is InChI=1S/C15H17NO2/c1-11-3-4-15(14(9-11)12(2)17)18-10-13-5-7-16-8-6-13/h3-9,12,17H,10H2,1-2H3/t12-/m0/s1. The molecule has 3 heteroatoms. The summed E-state index contributed by atoms with van der Waals surface area (Å²) in [5, 5.41) is 9.74. The Kier molecular flexibility index (Phi) is 3.95. The third kappa shape index (κ3) is 3.08. The van der Waals surface area contributed by atoms with Crippen molar-refractivity contribution >= 4 is 0 Å². The molecule has 2 rings (SSSR count). The summed E-state index contributed by atoms with van der Waals surface area (Å²) >= 11 is 0. The Morgan fingerprint density at radius 2 is 1.94 bits per heavy atom. The molecule has 0 spiro atoms. The topological polar surface area (TPSA) is 42.4 Å². The molecule has 18 heavy (non-hydrogen) atoms. The average Bonchev–Trinajstić information content (AvgIpc) is 2.38. The number of aliphatic hydroxyl groups is 1. The fourth-order valence-electron chi connectivity index (χ4n) is 1.77. The summed E-state index contributed by atoms with van der Waals surface area (Å²) in [5.41, 5.74) is 2.99. The van der Waals surface area contributed by atoms with Gasteiger partial charge in [-0.1, -0.05) is 11.6 Å². The summed E-state index contributed by atoms with van der Waals surface area (Å²) in [6.07, 6.45) is 2.95. The molecule has 0 aliphatic carbocycles. The number of aromatic nitrogens is 1. The summed E-state index contributed by atoms with van der Waals surface area (Å²) in [4.78, 5) is 3.96. The molecule has 2 aromatic rings. The molecular weight excluding hydrogens is 226 g/mol. The van der Waals surface area contributed by atoms with Crippen molar-refractivity contribution in [3.8, 4) is 5.75 Å². The van der Waals surface area contributed by atoms with Gasteiger partial charge in [0.25, 0.3) is 0 Å². The Bertz CT molecular complexity index is 509. The molecule has 0 bridgehead atoms. The molecule has 3 nitrogen and oxygen atoms in total. The van der Waals surface area contributed by atoms with Crippen molar-refractivity contribution in [3.05, 3.63) is 59.4 Å². The van der Waals surface area contributed by atoms with Gasteiger partial charge in [0.2, 0.25) is 0 Å². The molecule has 1 atom stereocenters. The molecule has 0 saturated heterocycles. The number of hydrogen-bond acceptors (Lipinski definition) is 3. The Balaban J connectivity index is 2.14. The highest BCUT2D eigenvalue weighted by Gasteiger charge is 2.09. The second-order valence-electron chi connectivity index (χ2n) is 4.36. The molecule has 0 unspecified atom stereocenters. The zero-order chi connectivity index (χ0) is 13.0. The molecule has 0 amide bonds. The van der Waals surface area contributed by atoms with Crippen LogP contribution in [0.15, 0.2) is 42.7 Å². The van der Waals surface area contributed by atoms with E-state index in [9.17, 15) is 5.11 Å². The average molecular weight is 243 g/mol. The van der Waals surface area contributed by atoms with Crippen LogP contribution in [0.4, 0.5) is 0 Å². The van der Waals surface area contributed by atoms with Crippen molar-refractivity contribution in [2.45, 2.75) is 26.6 Å². The summed E-state index contributed by atoms with van der Waals surface area (Å²) < 4.78 is 5.75. The lowest BCUT2D eigenvalue weighted by molar-refractivity contribution is 0.190. The van der Waals surface area contributed by atoms with E-state index in [2.05, 4.69) is 4.98 Å². The number of hydrogen-bond donors (Lipinski definition) is 1. The molecule has 1 aromatic heterocycles. The number of pyridine rings is 1. The van der Waals surface area contributed by atoms with E-state index < -0.39 is 6.10 Å². The summed E-state index contributed by atoms with van der Waals surface area (Å²) in [6.45, 7) is 4.22. The van der Waals surface area contributed by atoms with Gasteiger partial charge in [-0.15, -0.1) is 0 Å².